The van der Waals surface area contributed by atoms with Crippen molar-refractivity contribution in [1.29, 1.82) is 0 Å². The van der Waals surface area contributed by atoms with Crippen LogP contribution in [0.3, 0.4) is 0 Å². The Morgan fingerprint density at radius 2 is 2.42 bits per heavy atom. The van der Waals surface area contributed by atoms with Gasteiger partial charge in [0.1, 0.15) is 5.75 Å². The molecule has 19 heavy (non-hydrogen) atoms. The summed E-state index contributed by atoms with van der Waals surface area (Å²) in [5, 5.41) is 0. The van der Waals surface area contributed by atoms with E-state index in [0.717, 1.165) is 36.3 Å². The predicted octanol–water partition coefficient (Wildman–Crippen LogP) is 2.26. The summed E-state index contributed by atoms with van der Waals surface area (Å²) in [5.74, 6) is 7.04. The van der Waals surface area contributed by atoms with Gasteiger partial charge < -0.3 is 9.47 Å². The van der Waals surface area contributed by atoms with E-state index >= 15 is 0 Å². The highest BCUT2D eigenvalue weighted by Crippen LogP contribution is 2.27. The summed E-state index contributed by atoms with van der Waals surface area (Å²) in [6.07, 6.45) is 3.19. The molecule has 2 rings (SSSR count). The summed E-state index contributed by atoms with van der Waals surface area (Å²) in [5.41, 5.74) is 4.18. The van der Waals surface area contributed by atoms with E-state index in [1.807, 2.05) is 6.07 Å². The van der Waals surface area contributed by atoms with E-state index in [4.69, 9.17) is 15.3 Å². The normalized spacial score (nSPS) is 21.1. The van der Waals surface area contributed by atoms with Crippen LogP contribution in [0.2, 0.25) is 0 Å². The number of nitrogens with one attached hydrogen (secondary N) is 1. The number of hydrazine groups is 1. The summed E-state index contributed by atoms with van der Waals surface area (Å²) in [6, 6.07) is 6.40. The first-order valence-corrected chi connectivity index (χ1v) is 7.40. The van der Waals surface area contributed by atoms with Crippen molar-refractivity contribution in [3.05, 3.63) is 28.2 Å². The zero-order valence-electron chi connectivity index (χ0n) is 11.2. The van der Waals surface area contributed by atoms with Crippen molar-refractivity contribution in [2.24, 2.45) is 11.8 Å². The maximum atomic E-state index is 5.70. The molecular weight excluding hydrogens is 308 g/mol. The van der Waals surface area contributed by atoms with Crippen molar-refractivity contribution < 1.29 is 9.47 Å². The molecule has 0 amide bonds. The maximum absolute atomic E-state index is 5.70. The lowest BCUT2D eigenvalue weighted by Crippen LogP contribution is -2.45. The van der Waals surface area contributed by atoms with E-state index in [-0.39, 0.29) is 6.04 Å². The summed E-state index contributed by atoms with van der Waals surface area (Å²) >= 11 is 3.51. The van der Waals surface area contributed by atoms with Gasteiger partial charge in [-0.05, 0) is 58.8 Å². The van der Waals surface area contributed by atoms with Crippen molar-refractivity contribution in [3.63, 3.8) is 0 Å². The van der Waals surface area contributed by atoms with Gasteiger partial charge in [0.25, 0.3) is 0 Å². The number of methoxy groups -OCH3 is 1. The Bertz CT molecular complexity index is 408. The molecule has 2 unspecified atom stereocenters. The molecule has 1 aromatic carbocycles. The minimum atomic E-state index is 0.251. The zero-order chi connectivity index (χ0) is 13.7. The van der Waals surface area contributed by atoms with Crippen LogP contribution >= 0.6 is 15.9 Å². The molecule has 3 N–H and O–H groups in total. The van der Waals surface area contributed by atoms with Crippen molar-refractivity contribution in [2.45, 2.75) is 25.3 Å². The topological polar surface area (TPSA) is 56.5 Å². The van der Waals surface area contributed by atoms with Gasteiger partial charge in [-0.3, -0.25) is 11.3 Å². The average Bonchev–Trinajstić information content (AvgIpc) is 2.46. The van der Waals surface area contributed by atoms with Crippen LogP contribution in [0.4, 0.5) is 0 Å². The van der Waals surface area contributed by atoms with Gasteiger partial charge in [-0.15, -0.1) is 0 Å². The van der Waals surface area contributed by atoms with Crippen LogP contribution in [0.15, 0.2) is 22.7 Å². The molecule has 0 spiro atoms. The minimum absolute atomic E-state index is 0.251. The van der Waals surface area contributed by atoms with E-state index in [2.05, 4.69) is 33.5 Å². The van der Waals surface area contributed by atoms with Crippen molar-refractivity contribution >= 4 is 15.9 Å². The molecule has 106 valence electrons. The molecule has 0 saturated carbocycles. The fourth-order valence-corrected chi connectivity index (χ4v) is 3.12. The minimum Gasteiger partial charge on any atom is -0.496 e. The quantitative estimate of drug-likeness (QED) is 0.643. The van der Waals surface area contributed by atoms with Gasteiger partial charge in [-0.25, -0.2) is 0 Å². The molecule has 4 nitrogen and oxygen atoms in total. The largest absolute Gasteiger partial charge is 0.496 e. The third-order valence-electron chi connectivity index (χ3n) is 3.65. The second kappa shape index (κ2) is 7.24. The van der Waals surface area contributed by atoms with E-state index in [1.54, 1.807) is 7.11 Å². The molecular formula is C14H21BrN2O2. The second-order valence-electron chi connectivity index (χ2n) is 4.92. The van der Waals surface area contributed by atoms with Crippen LogP contribution in [0.25, 0.3) is 0 Å². The van der Waals surface area contributed by atoms with E-state index in [9.17, 15) is 0 Å². The number of hydrogen-bond acceptors (Lipinski definition) is 4. The van der Waals surface area contributed by atoms with Crippen molar-refractivity contribution in [3.8, 4) is 5.75 Å². The van der Waals surface area contributed by atoms with Gasteiger partial charge in [0.15, 0.2) is 0 Å². The van der Waals surface area contributed by atoms with Gasteiger partial charge in [0, 0.05) is 12.6 Å². The highest BCUT2D eigenvalue weighted by molar-refractivity contribution is 9.10. The van der Waals surface area contributed by atoms with Crippen LogP contribution in [0.1, 0.15) is 18.4 Å². The van der Waals surface area contributed by atoms with Gasteiger partial charge in [-0.2, -0.15) is 0 Å². The molecule has 1 aromatic rings. The Hall–Kier alpha value is -0.620. The first kappa shape index (κ1) is 14.8. The van der Waals surface area contributed by atoms with E-state index in [1.165, 1.54) is 12.0 Å². The zero-order valence-corrected chi connectivity index (χ0v) is 12.8. The molecule has 1 aliphatic heterocycles. The first-order valence-electron chi connectivity index (χ1n) is 6.61. The molecule has 0 bridgehead atoms. The highest BCUT2D eigenvalue weighted by atomic mass is 79.9. The van der Waals surface area contributed by atoms with Crippen LogP contribution in [-0.4, -0.2) is 26.4 Å². The number of ether oxygens (including phenoxy) is 2. The molecule has 1 aliphatic rings. The summed E-state index contributed by atoms with van der Waals surface area (Å²) in [7, 11) is 1.67. The fourth-order valence-electron chi connectivity index (χ4n) is 2.54. The summed E-state index contributed by atoms with van der Waals surface area (Å²) in [4.78, 5) is 0. The molecule has 2 atom stereocenters. The third kappa shape index (κ3) is 3.92. The standard InChI is InChI=1S/C14H21BrN2O2/c1-18-14-5-4-10(7-12(14)15)8-13(17-16)11-3-2-6-19-9-11/h4-5,7,11,13,17H,2-3,6,8-9,16H2,1H3. The van der Waals surface area contributed by atoms with Crippen LogP contribution < -0.4 is 16.0 Å². The van der Waals surface area contributed by atoms with E-state index in [0.29, 0.717) is 5.92 Å². The summed E-state index contributed by atoms with van der Waals surface area (Å²) in [6.45, 7) is 1.67. The van der Waals surface area contributed by atoms with Gasteiger partial charge in [0.2, 0.25) is 0 Å². The Morgan fingerprint density at radius 3 is 3.00 bits per heavy atom. The summed E-state index contributed by atoms with van der Waals surface area (Å²) < 4.78 is 11.8. The van der Waals surface area contributed by atoms with Gasteiger partial charge in [-0.1, -0.05) is 6.07 Å². The Balaban J connectivity index is 2.03. The lowest BCUT2D eigenvalue weighted by molar-refractivity contribution is 0.0393. The van der Waals surface area contributed by atoms with Crippen LogP contribution in [-0.2, 0) is 11.2 Å². The van der Waals surface area contributed by atoms with Crippen molar-refractivity contribution in [1.82, 2.24) is 5.43 Å². The van der Waals surface area contributed by atoms with Crippen LogP contribution in [0.5, 0.6) is 5.75 Å². The van der Waals surface area contributed by atoms with E-state index < -0.39 is 0 Å². The fraction of sp³-hybridized carbons (Fsp3) is 0.571. The third-order valence-corrected chi connectivity index (χ3v) is 4.27. The number of hydrogen-bond donors (Lipinski definition) is 2. The van der Waals surface area contributed by atoms with Gasteiger partial charge in [0.05, 0.1) is 18.2 Å². The molecule has 0 radical (unpaired) electrons. The van der Waals surface area contributed by atoms with Gasteiger partial charge >= 0.3 is 0 Å². The molecule has 0 aromatic heterocycles. The molecule has 5 heteroatoms. The number of halogens is 1. The average molecular weight is 329 g/mol. The monoisotopic (exact) mass is 328 g/mol. The smallest absolute Gasteiger partial charge is 0.133 e. The van der Waals surface area contributed by atoms with Crippen LogP contribution in [0, 0.1) is 5.92 Å². The molecule has 1 heterocycles. The number of rotatable bonds is 5. The highest BCUT2D eigenvalue weighted by Gasteiger charge is 2.23. The molecule has 0 aliphatic carbocycles. The molecule has 1 saturated heterocycles. The molecule has 1 fully saturated rings. The number of nitrogens with two attached hydrogens (primary N) is 1. The maximum Gasteiger partial charge on any atom is 0.133 e. The lowest BCUT2D eigenvalue weighted by Gasteiger charge is -2.29. The lowest BCUT2D eigenvalue weighted by atomic mass is 9.90. The Labute approximate surface area is 122 Å². The van der Waals surface area contributed by atoms with Crippen molar-refractivity contribution in [2.75, 3.05) is 20.3 Å². The second-order valence-corrected chi connectivity index (χ2v) is 5.78. The number of benzene rings is 1. The Kier molecular flexibility index (Phi) is 5.63. The first-order chi connectivity index (χ1) is 9.24. The Morgan fingerprint density at radius 1 is 1.58 bits per heavy atom. The predicted molar refractivity (Wildman–Crippen MR) is 79.1 cm³/mol. The SMILES string of the molecule is COc1ccc(CC(NN)C2CCCOC2)cc1Br.